The molecule has 0 spiro atoms. The van der Waals surface area contributed by atoms with Crippen molar-refractivity contribution in [2.45, 2.75) is 58.6 Å². The summed E-state index contributed by atoms with van der Waals surface area (Å²) >= 11 is 6.99. The minimum Gasteiger partial charge on any atom is -0.493 e. The summed E-state index contributed by atoms with van der Waals surface area (Å²) in [5.41, 5.74) is 5.59. The number of carbonyl (C=O) groups is 1. The van der Waals surface area contributed by atoms with Crippen LogP contribution in [0.25, 0.3) is 32.8 Å². The van der Waals surface area contributed by atoms with E-state index in [0.29, 0.717) is 43.3 Å². The van der Waals surface area contributed by atoms with E-state index in [1.807, 2.05) is 59.6 Å². The second-order valence-corrected chi connectivity index (χ2v) is 11.4. The van der Waals surface area contributed by atoms with E-state index in [4.69, 9.17) is 26.2 Å². The van der Waals surface area contributed by atoms with Gasteiger partial charge in [-0.1, -0.05) is 61.0 Å². The van der Waals surface area contributed by atoms with Gasteiger partial charge in [-0.3, -0.25) is 4.68 Å². The molecule has 0 saturated heterocycles. The lowest BCUT2D eigenvalue weighted by Crippen LogP contribution is -2.12. The molecule has 1 aliphatic rings. The van der Waals surface area contributed by atoms with Crippen LogP contribution in [-0.4, -0.2) is 38.6 Å². The summed E-state index contributed by atoms with van der Waals surface area (Å²) in [6.07, 6.45) is 3.46. The van der Waals surface area contributed by atoms with Gasteiger partial charge in [0.1, 0.15) is 17.5 Å². The maximum atomic E-state index is 12.9. The number of fused-ring (bicyclic) bond motifs is 3. The zero-order chi connectivity index (χ0) is 29.4. The number of aryl methyl sites for hydroxylation is 3. The van der Waals surface area contributed by atoms with Crippen molar-refractivity contribution in [3.63, 3.8) is 0 Å². The van der Waals surface area contributed by atoms with Gasteiger partial charge in [0.15, 0.2) is 0 Å². The molecular weight excluding hydrogens is 550 g/mol. The first-order chi connectivity index (χ1) is 20.4. The molecule has 218 valence electrons. The molecule has 1 aliphatic heterocycles. The van der Waals surface area contributed by atoms with Crippen LogP contribution in [0.3, 0.4) is 0 Å². The molecule has 7 nitrogen and oxygen atoms in total. The first-order valence-corrected chi connectivity index (χ1v) is 15.1. The van der Waals surface area contributed by atoms with Crippen LogP contribution in [-0.2, 0) is 24.8 Å². The van der Waals surface area contributed by atoms with Crippen LogP contribution in [0.1, 0.15) is 66.2 Å². The third-order valence-electron chi connectivity index (χ3n) is 8.44. The average molecular weight is 586 g/mol. The number of halogens is 1. The van der Waals surface area contributed by atoms with E-state index in [2.05, 4.69) is 25.1 Å². The van der Waals surface area contributed by atoms with Gasteiger partial charge in [-0.15, -0.1) is 0 Å². The summed E-state index contributed by atoms with van der Waals surface area (Å²) < 4.78 is 16.4. The van der Waals surface area contributed by atoms with Gasteiger partial charge in [0, 0.05) is 47.8 Å². The standard InChI is InChI=1S/C34H36ClN3O4/c1-4-27-31-29(21(2)37(3)36-31)30-26(35)17-16-25-24(33(34(39)40)38(32(25)30)18-7-8-19-41-27)14-10-20-42-28-15-9-12-22-11-5-6-13-23(22)28/h5-6,9,11-13,15-17,27H,4,7-8,10,14,18-20H2,1-3H3,(H,39,40). The summed E-state index contributed by atoms with van der Waals surface area (Å²) in [6.45, 7) is 5.76. The second-order valence-electron chi connectivity index (χ2n) is 11.0. The Labute approximate surface area is 250 Å². The molecule has 8 heteroatoms. The van der Waals surface area contributed by atoms with E-state index in [1.165, 1.54) is 0 Å². The van der Waals surface area contributed by atoms with Crippen LogP contribution in [0, 0.1) is 6.92 Å². The lowest BCUT2D eigenvalue weighted by Gasteiger charge is -2.17. The van der Waals surface area contributed by atoms with Crippen LogP contribution < -0.4 is 4.74 Å². The van der Waals surface area contributed by atoms with E-state index in [9.17, 15) is 9.90 Å². The zero-order valence-corrected chi connectivity index (χ0v) is 25.1. The molecule has 0 aliphatic carbocycles. The SMILES string of the molecule is CCC1OCCCCn2c(C(=O)O)c(CCCOc3cccc4ccccc34)c3ccc(Cl)c(c32)-c2c1nn(C)c2C. The fraction of sp³-hybridized carbons (Fsp3) is 0.353. The topological polar surface area (TPSA) is 78.5 Å². The lowest BCUT2D eigenvalue weighted by atomic mass is 9.96. The highest BCUT2D eigenvalue weighted by molar-refractivity contribution is 6.35. The Balaban J connectivity index is 1.45. The second kappa shape index (κ2) is 11.8. The molecule has 0 amide bonds. The van der Waals surface area contributed by atoms with E-state index in [1.54, 1.807) is 0 Å². The predicted octanol–water partition coefficient (Wildman–Crippen LogP) is 8.13. The molecule has 1 N–H and O–H groups in total. The fourth-order valence-corrected chi connectivity index (χ4v) is 6.61. The number of rotatable bonds is 7. The number of nitrogens with zero attached hydrogens (tertiary/aromatic N) is 3. The van der Waals surface area contributed by atoms with Crippen molar-refractivity contribution in [3.8, 4) is 16.9 Å². The van der Waals surface area contributed by atoms with Crippen molar-refractivity contribution in [1.29, 1.82) is 0 Å². The normalized spacial score (nSPS) is 15.5. The lowest BCUT2D eigenvalue weighted by molar-refractivity contribution is 0.0443. The van der Waals surface area contributed by atoms with E-state index < -0.39 is 5.97 Å². The van der Waals surface area contributed by atoms with Gasteiger partial charge in [0.25, 0.3) is 0 Å². The van der Waals surface area contributed by atoms with Crippen LogP contribution in [0.5, 0.6) is 5.75 Å². The third kappa shape index (κ3) is 4.95. The largest absolute Gasteiger partial charge is 0.493 e. The van der Waals surface area contributed by atoms with Gasteiger partial charge >= 0.3 is 5.97 Å². The maximum Gasteiger partial charge on any atom is 0.352 e. The number of hydrogen-bond acceptors (Lipinski definition) is 4. The van der Waals surface area contributed by atoms with Crippen molar-refractivity contribution in [3.05, 3.63) is 82.3 Å². The zero-order valence-electron chi connectivity index (χ0n) is 24.3. The minimum absolute atomic E-state index is 0.169. The molecule has 2 aromatic heterocycles. The van der Waals surface area contributed by atoms with Crippen LogP contribution >= 0.6 is 11.6 Å². The molecule has 3 heterocycles. The summed E-state index contributed by atoms with van der Waals surface area (Å²) in [5, 5.41) is 19.1. The first-order valence-electron chi connectivity index (χ1n) is 14.7. The summed E-state index contributed by atoms with van der Waals surface area (Å²) in [7, 11) is 1.93. The third-order valence-corrected chi connectivity index (χ3v) is 8.76. The van der Waals surface area contributed by atoms with Crippen LogP contribution in [0.15, 0.2) is 54.6 Å². The molecule has 42 heavy (non-hydrogen) atoms. The molecular formula is C34H36ClN3O4. The smallest absolute Gasteiger partial charge is 0.352 e. The highest BCUT2D eigenvalue weighted by atomic mass is 35.5. The highest BCUT2D eigenvalue weighted by Gasteiger charge is 2.30. The Hall–Kier alpha value is -3.81. The van der Waals surface area contributed by atoms with E-state index in [0.717, 1.165) is 74.8 Å². The van der Waals surface area contributed by atoms with Gasteiger partial charge in [-0.2, -0.15) is 5.10 Å². The molecule has 0 bridgehead atoms. The molecule has 0 fully saturated rings. The van der Waals surface area contributed by atoms with E-state index in [-0.39, 0.29) is 6.10 Å². The number of ether oxygens (including phenoxy) is 2. The quantitative estimate of drug-likeness (QED) is 0.195. The molecule has 0 radical (unpaired) electrons. The summed E-state index contributed by atoms with van der Waals surface area (Å²) in [5.74, 6) is -0.0938. The molecule has 3 aromatic carbocycles. The predicted molar refractivity (Wildman–Crippen MR) is 167 cm³/mol. The monoisotopic (exact) mass is 585 g/mol. The highest BCUT2D eigenvalue weighted by Crippen LogP contribution is 2.44. The number of aromatic nitrogens is 3. The van der Waals surface area contributed by atoms with Crippen molar-refractivity contribution < 1.29 is 19.4 Å². The number of carboxylic acid groups (broad SMARTS) is 1. The molecule has 1 unspecified atom stereocenters. The van der Waals surface area contributed by atoms with Crippen molar-refractivity contribution >= 4 is 39.2 Å². The Kier molecular flexibility index (Phi) is 7.97. The fourth-order valence-electron chi connectivity index (χ4n) is 6.36. The van der Waals surface area contributed by atoms with Crippen molar-refractivity contribution in [1.82, 2.24) is 14.3 Å². The Morgan fingerprint density at radius 1 is 1.10 bits per heavy atom. The van der Waals surface area contributed by atoms with Gasteiger partial charge in [0.2, 0.25) is 0 Å². The van der Waals surface area contributed by atoms with Gasteiger partial charge < -0.3 is 19.1 Å². The van der Waals surface area contributed by atoms with Gasteiger partial charge in [-0.25, -0.2) is 4.79 Å². The number of benzene rings is 3. The number of aromatic carboxylic acids is 1. The van der Waals surface area contributed by atoms with Gasteiger partial charge in [-0.05, 0) is 62.1 Å². The maximum absolute atomic E-state index is 12.9. The Morgan fingerprint density at radius 2 is 1.90 bits per heavy atom. The molecule has 1 atom stereocenters. The minimum atomic E-state index is -0.932. The van der Waals surface area contributed by atoms with E-state index >= 15 is 0 Å². The average Bonchev–Trinajstić information content (AvgIpc) is 3.45. The molecule has 6 rings (SSSR count). The van der Waals surface area contributed by atoms with Crippen molar-refractivity contribution in [2.75, 3.05) is 13.2 Å². The molecule has 0 saturated carbocycles. The summed E-state index contributed by atoms with van der Waals surface area (Å²) in [6, 6.07) is 18.1. The van der Waals surface area contributed by atoms with Crippen LogP contribution in [0.4, 0.5) is 0 Å². The first kappa shape index (κ1) is 28.3. The molecule has 5 aromatic rings. The Morgan fingerprint density at radius 3 is 2.71 bits per heavy atom. The summed E-state index contributed by atoms with van der Waals surface area (Å²) in [4.78, 5) is 12.9. The van der Waals surface area contributed by atoms with Crippen LogP contribution in [0.2, 0.25) is 5.02 Å². The van der Waals surface area contributed by atoms with Gasteiger partial charge in [0.05, 0.1) is 22.8 Å². The number of hydrogen-bond donors (Lipinski definition) is 1. The Bertz CT molecular complexity index is 1780. The van der Waals surface area contributed by atoms with Crippen molar-refractivity contribution in [2.24, 2.45) is 7.05 Å². The number of carboxylic acids is 1.